The molecule has 0 fully saturated rings. The smallest absolute Gasteiger partial charge is 0.121 e. The summed E-state index contributed by atoms with van der Waals surface area (Å²) in [6.07, 6.45) is 0. The summed E-state index contributed by atoms with van der Waals surface area (Å²) in [5, 5.41) is 3.27. The number of fused-ring (bicyclic) bond motifs is 2. The molecule has 22 heavy (non-hydrogen) atoms. The number of nitrogens with one attached hydrogen (secondary N) is 1. The van der Waals surface area contributed by atoms with Gasteiger partial charge in [0.15, 0.2) is 0 Å². The number of ether oxygens (including phenoxy) is 1. The van der Waals surface area contributed by atoms with E-state index in [1.165, 1.54) is 21.2 Å². The van der Waals surface area contributed by atoms with Gasteiger partial charge < -0.3 is 15.0 Å². The van der Waals surface area contributed by atoms with Crippen LogP contribution in [0.15, 0.2) is 52.3 Å². The minimum atomic E-state index is 0.556. The fourth-order valence-electron chi connectivity index (χ4n) is 2.86. The topological polar surface area (TPSA) is 24.5 Å². The van der Waals surface area contributed by atoms with Gasteiger partial charge in [0.25, 0.3) is 0 Å². The molecule has 2 aromatic carbocycles. The van der Waals surface area contributed by atoms with E-state index in [-0.39, 0.29) is 0 Å². The first-order valence-electron chi connectivity index (χ1n) is 7.60. The van der Waals surface area contributed by atoms with E-state index in [2.05, 4.69) is 53.5 Å². The summed E-state index contributed by atoms with van der Waals surface area (Å²) in [5.41, 5.74) is 2.53. The summed E-state index contributed by atoms with van der Waals surface area (Å²) in [6.45, 7) is 4.27. The van der Waals surface area contributed by atoms with Crippen LogP contribution in [0.1, 0.15) is 6.92 Å². The van der Waals surface area contributed by atoms with Crippen LogP contribution in [0.4, 0.5) is 11.4 Å². The fourth-order valence-corrected chi connectivity index (χ4v) is 3.93. The first kappa shape index (κ1) is 15.3. The van der Waals surface area contributed by atoms with E-state index in [1.807, 2.05) is 24.9 Å². The fraction of sp³-hybridized carbons (Fsp3) is 0.333. The molecule has 0 amide bonds. The second kappa shape index (κ2) is 6.63. The zero-order chi connectivity index (χ0) is 15.5. The lowest BCUT2D eigenvalue weighted by molar-refractivity contribution is 0.414. The van der Waals surface area contributed by atoms with Crippen molar-refractivity contribution >= 4 is 23.1 Å². The molecule has 1 atom stereocenters. The Morgan fingerprint density at radius 2 is 1.91 bits per heavy atom. The highest BCUT2D eigenvalue weighted by Gasteiger charge is 2.24. The molecule has 0 radical (unpaired) electrons. The SMILES string of the molecule is CNC[C@@H](C)CN1c2ccccc2Sc2ccc(OC)cc21. The first-order valence-corrected chi connectivity index (χ1v) is 8.41. The molecule has 0 bridgehead atoms. The number of para-hydroxylation sites is 1. The van der Waals surface area contributed by atoms with Crippen molar-refractivity contribution in [2.75, 3.05) is 32.1 Å². The lowest BCUT2D eigenvalue weighted by atomic mass is 10.1. The molecule has 3 rings (SSSR count). The average Bonchev–Trinajstić information content (AvgIpc) is 2.54. The van der Waals surface area contributed by atoms with E-state index in [1.54, 1.807) is 7.11 Å². The Balaban J connectivity index is 2.02. The van der Waals surface area contributed by atoms with Crippen LogP contribution in [0.2, 0.25) is 0 Å². The molecule has 0 aromatic heterocycles. The summed E-state index contributed by atoms with van der Waals surface area (Å²) in [6, 6.07) is 15.0. The van der Waals surface area contributed by atoms with E-state index in [0.717, 1.165) is 18.8 Å². The Morgan fingerprint density at radius 1 is 1.14 bits per heavy atom. The van der Waals surface area contributed by atoms with Crippen molar-refractivity contribution in [1.82, 2.24) is 5.32 Å². The molecule has 1 aliphatic heterocycles. The van der Waals surface area contributed by atoms with E-state index in [9.17, 15) is 0 Å². The quantitative estimate of drug-likeness (QED) is 0.896. The first-order chi connectivity index (χ1) is 10.7. The van der Waals surface area contributed by atoms with Crippen LogP contribution >= 0.6 is 11.8 Å². The molecule has 0 aliphatic carbocycles. The van der Waals surface area contributed by atoms with Gasteiger partial charge in [-0.2, -0.15) is 0 Å². The maximum absolute atomic E-state index is 5.42. The molecule has 4 heteroatoms. The number of hydrogen-bond acceptors (Lipinski definition) is 4. The Kier molecular flexibility index (Phi) is 4.60. The molecule has 0 saturated carbocycles. The summed E-state index contributed by atoms with van der Waals surface area (Å²) < 4.78 is 5.42. The highest BCUT2D eigenvalue weighted by molar-refractivity contribution is 7.99. The average molecular weight is 314 g/mol. The highest BCUT2D eigenvalue weighted by Crippen LogP contribution is 2.49. The van der Waals surface area contributed by atoms with E-state index in [4.69, 9.17) is 4.74 Å². The molecule has 1 N–H and O–H groups in total. The Morgan fingerprint density at radius 3 is 2.68 bits per heavy atom. The third-order valence-electron chi connectivity index (χ3n) is 3.88. The summed E-state index contributed by atoms with van der Waals surface area (Å²) in [4.78, 5) is 5.03. The van der Waals surface area contributed by atoms with Crippen molar-refractivity contribution in [1.29, 1.82) is 0 Å². The number of anilines is 2. The van der Waals surface area contributed by atoms with Gasteiger partial charge in [0.1, 0.15) is 5.75 Å². The van der Waals surface area contributed by atoms with Gasteiger partial charge in [0, 0.05) is 22.4 Å². The molecular weight excluding hydrogens is 292 g/mol. The Labute approximate surface area is 136 Å². The third kappa shape index (κ3) is 2.94. The van der Waals surface area contributed by atoms with Crippen molar-refractivity contribution in [3.05, 3.63) is 42.5 Å². The van der Waals surface area contributed by atoms with Crippen LogP contribution in [0.3, 0.4) is 0 Å². The zero-order valence-corrected chi connectivity index (χ0v) is 14.1. The maximum atomic E-state index is 5.42. The number of methoxy groups -OCH3 is 1. The van der Waals surface area contributed by atoms with Crippen molar-refractivity contribution in [2.24, 2.45) is 5.92 Å². The van der Waals surface area contributed by atoms with Crippen LogP contribution < -0.4 is 15.0 Å². The second-order valence-electron chi connectivity index (χ2n) is 5.68. The molecule has 116 valence electrons. The zero-order valence-electron chi connectivity index (χ0n) is 13.3. The van der Waals surface area contributed by atoms with Crippen LogP contribution in [0.25, 0.3) is 0 Å². The van der Waals surface area contributed by atoms with Gasteiger partial charge in [-0.3, -0.25) is 0 Å². The van der Waals surface area contributed by atoms with E-state index >= 15 is 0 Å². The van der Waals surface area contributed by atoms with Gasteiger partial charge in [0.2, 0.25) is 0 Å². The number of rotatable bonds is 5. The highest BCUT2D eigenvalue weighted by atomic mass is 32.2. The molecule has 3 nitrogen and oxygen atoms in total. The van der Waals surface area contributed by atoms with Crippen molar-refractivity contribution < 1.29 is 4.74 Å². The monoisotopic (exact) mass is 314 g/mol. The molecular formula is C18H22N2OS. The van der Waals surface area contributed by atoms with Crippen molar-refractivity contribution in [3.63, 3.8) is 0 Å². The van der Waals surface area contributed by atoms with Gasteiger partial charge in [-0.05, 0) is 43.8 Å². The molecule has 1 aliphatic rings. The van der Waals surface area contributed by atoms with Gasteiger partial charge >= 0.3 is 0 Å². The third-order valence-corrected chi connectivity index (χ3v) is 5.01. The summed E-state index contributed by atoms with van der Waals surface area (Å²) >= 11 is 1.83. The van der Waals surface area contributed by atoms with Gasteiger partial charge in [-0.15, -0.1) is 0 Å². The number of nitrogens with zero attached hydrogens (tertiary/aromatic N) is 1. The molecule has 2 aromatic rings. The minimum Gasteiger partial charge on any atom is -0.497 e. The predicted molar refractivity (Wildman–Crippen MR) is 93.7 cm³/mol. The lowest BCUT2D eigenvalue weighted by Crippen LogP contribution is -2.30. The van der Waals surface area contributed by atoms with Crippen LogP contribution in [-0.2, 0) is 0 Å². The molecule has 1 heterocycles. The van der Waals surface area contributed by atoms with Crippen LogP contribution in [-0.4, -0.2) is 27.2 Å². The van der Waals surface area contributed by atoms with Crippen LogP contribution in [0, 0.1) is 5.92 Å². The summed E-state index contributed by atoms with van der Waals surface area (Å²) in [7, 11) is 3.73. The standard InChI is InChI=1S/C18H22N2OS/c1-13(11-19-2)12-20-15-6-4-5-7-17(15)22-18-9-8-14(21-3)10-16(18)20/h4-10,13,19H,11-12H2,1-3H3/t13-/m1/s1. The van der Waals surface area contributed by atoms with E-state index < -0.39 is 0 Å². The summed E-state index contributed by atoms with van der Waals surface area (Å²) in [5.74, 6) is 1.46. The molecule has 0 saturated heterocycles. The maximum Gasteiger partial charge on any atom is 0.121 e. The molecule has 0 spiro atoms. The number of hydrogen-bond donors (Lipinski definition) is 1. The van der Waals surface area contributed by atoms with Crippen molar-refractivity contribution in [2.45, 2.75) is 16.7 Å². The van der Waals surface area contributed by atoms with Gasteiger partial charge in [-0.25, -0.2) is 0 Å². The van der Waals surface area contributed by atoms with Crippen molar-refractivity contribution in [3.8, 4) is 5.75 Å². The molecule has 0 unspecified atom stereocenters. The minimum absolute atomic E-state index is 0.556. The second-order valence-corrected chi connectivity index (χ2v) is 6.76. The predicted octanol–water partition coefficient (Wildman–Crippen LogP) is 4.15. The largest absolute Gasteiger partial charge is 0.497 e. The van der Waals surface area contributed by atoms with E-state index in [0.29, 0.717) is 5.92 Å². The Bertz CT molecular complexity index is 659. The normalized spacial score (nSPS) is 14.2. The lowest BCUT2D eigenvalue weighted by Gasteiger charge is -2.34. The van der Waals surface area contributed by atoms with Crippen LogP contribution in [0.5, 0.6) is 5.75 Å². The number of benzene rings is 2. The van der Waals surface area contributed by atoms with Gasteiger partial charge in [0.05, 0.1) is 18.5 Å². The Hall–Kier alpha value is -1.65. The van der Waals surface area contributed by atoms with Gasteiger partial charge in [-0.1, -0.05) is 30.8 Å².